The number of nitrogens with zero attached hydrogens (tertiary/aromatic N) is 1. The van der Waals surface area contributed by atoms with E-state index < -0.39 is 5.91 Å². The number of carbonyl (C=O) groups is 1. The van der Waals surface area contributed by atoms with Crippen molar-refractivity contribution in [3.63, 3.8) is 0 Å². The van der Waals surface area contributed by atoms with Crippen molar-refractivity contribution in [2.24, 2.45) is 0 Å². The second-order valence-corrected chi connectivity index (χ2v) is 8.50. The number of aryl methyl sites for hydroxylation is 2. The van der Waals surface area contributed by atoms with Gasteiger partial charge >= 0.3 is 0 Å². The van der Waals surface area contributed by atoms with Gasteiger partial charge in [0.2, 0.25) is 0 Å². The highest BCUT2D eigenvalue weighted by Crippen LogP contribution is 2.35. The molecule has 0 heterocycles. The molecule has 0 aliphatic rings. The third-order valence-electron chi connectivity index (χ3n) is 4.94. The Morgan fingerprint density at radius 3 is 2.42 bits per heavy atom. The van der Waals surface area contributed by atoms with Crippen molar-refractivity contribution in [3.05, 3.63) is 91.8 Å². The molecule has 0 saturated heterocycles. The number of ether oxygens (including phenoxy) is 2. The number of methoxy groups -OCH3 is 1. The summed E-state index contributed by atoms with van der Waals surface area (Å²) < 4.78 is 25.2. The Morgan fingerprint density at radius 1 is 1.15 bits per heavy atom. The summed E-state index contributed by atoms with van der Waals surface area (Å²) in [5.41, 5.74) is 3.93. The summed E-state index contributed by atoms with van der Waals surface area (Å²) in [5.74, 6) is 0.193. The summed E-state index contributed by atoms with van der Waals surface area (Å²) in [5, 5.41) is 12.4. The number of amides is 1. The van der Waals surface area contributed by atoms with Gasteiger partial charge in [0.05, 0.1) is 10.7 Å². The molecule has 0 aromatic heterocycles. The van der Waals surface area contributed by atoms with Crippen molar-refractivity contribution in [2.45, 2.75) is 20.5 Å². The van der Waals surface area contributed by atoms with Crippen molar-refractivity contribution < 1.29 is 18.7 Å². The lowest BCUT2D eigenvalue weighted by Gasteiger charge is -2.14. The van der Waals surface area contributed by atoms with Gasteiger partial charge in [0, 0.05) is 5.69 Å². The van der Waals surface area contributed by atoms with Gasteiger partial charge in [-0.15, -0.1) is 0 Å². The smallest absolute Gasteiger partial charge is 0.266 e. The molecule has 3 aromatic carbocycles. The van der Waals surface area contributed by atoms with E-state index in [1.54, 1.807) is 24.3 Å². The number of rotatable bonds is 7. The van der Waals surface area contributed by atoms with E-state index in [1.165, 1.54) is 25.3 Å². The van der Waals surface area contributed by atoms with Crippen LogP contribution in [-0.2, 0) is 11.4 Å². The highest BCUT2D eigenvalue weighted by atomic mass is 127. The minimum absolute atomic E-state index is 0.0320. The molecule has 1 N–H and O–H groups in total. The van der Waals surface area contributed by atoms with Gasteiger partial charge < -0.3 is 14.8 Å². The maximum Gasteiger partial charge on any atom is 0.266 e. The molecule has 3 aromatic rings. The lowest BCUT2D eigenvalue weighted by atomic mass is 10.1. The van der Waals surface area contributed by atoms with Crippen molar-refractivity contribution in [1.29, 1.82) is 5.26 Å². The van der Waals surface area contributed by atoms with Crippen LogP contribution >= 0.6 is 22.6 Å². The molecular formula is C26H22FIN2O3. The maximum atomic E-state index is 13.1. The predicted octanol–water partition coefficient (Wildman–Crippen LogP) is 6.18. The number of nitrogens with one attached hydrogen (secondary N) is 1. The molecule has 5 nitrogen and oxygen atoms in total. The van der Waals surface area contributed by atoms with Gasteiger partial charge in [-0.1, -0.05) is 30.3 Å². The highest BCUT2D eigenvalue weighted by Gasteiger charge is 2.15. The van der Waals surface area contributed by atoms with Crippen molar-refractivity contribution in [2.75, 3.05) is 12.4 Å². The first-order chi connectivity index (χ1) is 15.8. The van der Waals surface area contributed by atoms with Crippen LogP contribution < -0.4 is 14.8 Å². The molecule has 0 fully saturated rings. The number of nitriles is 1. The quantitative estimate of drug-likeness (QED) is 0.214. The average Bonchev–Trinajstić information content (AvgIpc) is 2.79. The zero-order valence-electron chi connectivity index (χ0n) is 18.4. The summed E-state index contributed by atoms with van der Waals surface area (Å²) in [4.78, 5) is 12.8. The van der Waals surface area contributed by atoms with Gasteiger partial charge in [-0.3, -0.25) is 4.79 Å². The second kappa shape index (κ2) is 11.0. The first-order valence-electron chi connectivity index (χ1n) is 10.1. The number of anilines is 1. The summed E-state index contributed by atoms with van der Waals surface area (Å²) >= 11 is 2.11. The molecule has 0 aliphatic carbocycles. The van der Waals surface area contributed by atoms with Crippen LogP contribution in [0.4, 0.5) is 10.1 Å². The molecule has 1 amide bonds. The Hall–Kier alpha value is -3.38. The standard InChI is InChI=1S/C26H22FIN2O3/c1-16-5-4-6-17(2)24(16)30-26(31)20(14-29)11-19-12-22(28)25(23(13-19)32-3)33-15-18-7-9-21(27)10-8-18/h4-13H,15H2,1-3H3,(H,30,31)/b20-11-. The van der Waals surface area contributed by atoms with Crippen LogP contribution in [-0.4, -0.2) is 13.0 Å². The minimum Gasteiger partial charge on any atom is -0.493 e. The fourth-order valence-corrected chi connectivity index (χ4v) is 3.99. The Balaban J connectivity index is 1.84. The Morgan fingerprint density at radius 2 is 1.82 bits per heavy atom. The van der Waals surface area contributed by atoms with Crippen molar-refractivity contribution in [1.82, 2.24) is 0 Å². The summed E-state index contributed by atoms with van der Waals surface area (Å²) in [6.07, 6.45) is 1.51. The molecule has 0 spiro atoms. The second-order valence-electron chi connectivity index (χ2n) is 7.34. The fourth-order valence-electron chi connectivity index (χ4n) is 3.21. The van der Waals surface area contributed by atoms with Crippen molar-refractivity contribution in [3.8, 4) is 17.6 Å². The number of hydrogen-bond acceptors (Lipinski definition) is 4. The van der Waals surface area contributed by atoms with Gasteiger partial charge in [-0.25, -0.2) is 4.39 Å². The van der Waals surface area contributed by atoms with Crippen LogP contribution in [0.5, 0.6) is 11.5 Å². The zero-order chi connectivity index (χ0) is 24.0. The third-order valence-corrected chi connectivity index (χ3v) is 5.75. The van der Waals surface area contributed by atoms with E-state index in [0.29, 0.717) is 22.7 Å². The number of carbonyl (C=O) groups excluding carboxylic acids is 1. The van der Waals surface area contributed by atoms with Gasteiger partial charge in [0.25, 0.3) is 5.91 Å². The van der Waals surface area contributed by atoms with Crippen molar-refractivity contribution >= 4 is 40.3 Å². The molecule has 0 bridgehead atoms. The van der Waals surface area contributed by atoms with Gasteiger partial charge in [0.1, 0.15) is 24.1 Å². The van der Waals surface area contributed by atoms with Crippen LogP contribution in [0.25, 0.3) is 6.08 Å². The van der Waals surface area contributed by atoms with Gasteiger partial charge in [-0.2, -0.15) is 5.26 Å². The van der Waals surface area contributed by atoms with Gasteiger partial charge in [0.15, 0.2) is 11.5 Å². The van der Waals surface area contributed by atoms with E-state index in [9.17, 15) is 14.4 Å². The molecule has 7 heteroatoms. The first-order valence-corrected chi connectivity index (χ1v) is 11.1. The van der Waals surface area contributed by atoms with Crippen LogP contribution in [0, 0.1) is 34.6 Å². The molecule has 0 atom stereocenters. The maximum absolute atomic E-state index is 13.1. The van der Waals surface area contributed by atoms with Crippen LogP contribution in [0.2, 0.25) is 0 Å². The lowest BCUT2D eigenvalue weighted by Crippen LogP contribution is -2.15. The summed E-state index contributed by atoms with van der Waals surface area (Å²) in [6, 6.07) is 17.2. The summed E-state index contributed by atoms with van der Waals surface area (Å²) in [6.45, 7) is 4.04. The van der Waals surface area contributed by atoms with Crippen LogP contribution in [0.1, 0.15) is 22.3 Å². The Kier molecular flexibility index (Phi) is 8.06. The van der Waals surface area contributed by atoms with Crippen LogP contribution in [0.3, 0.4) is 0 Å². The third kappa shape index (κ3) is 6.11. The molecule has 0 radical (unpaired) electrons. The number of hydrogen-bond donors (Lipinski definition) is 1. The molecule has 0 saturated carbocycles. The molecule has 3 rings (SSSR count). The predicted molar refractivity (Wildman–Crippen MR) is 135 cm³/mol. The van der Waals surface area contributed by atoms with Gasteiger partial charge in [-0.05, 0) is 89.0 Å². The molecule has 33 heavy (non-hydrogen) atoms. The first kappa shape index (κ1) is 24.3. The van der Waals surface area contributed by atoms with E-state index in [4.69, 9.17) is 9.47 Å². The van der Waals surface area contributed by atoms with E-state index in [-0.39, 0.29) is 18.0 Å². The number of benzene rings is 3. The van der Waals surface area contributed by atoms with E-state index in [2.05, 4.69) is 27.9 Å². The minimum atomic E-state index is -0.486. The monoisotopic (exact) mass is 556 g/mol. The summed E-state index contributed by atoms with van der Waals surface area (Å²) in [7, 11) is 1.52. The molecule has 168 valence electrons. The number of para-hydroxylation sites is 1. The van der Waals surface area contributed by atoms with E-state index in [0.717, 1.165) is 20.3 Å². The number of halogens is 2. The Labute approximate surface area is 206 Å². The van der Waals surface area contributed by atoms with E-state index in [1.807, 2.05) is 38.1 Å². The average molecular weight is 556 g/mol. The molecule has 0 aliphatic heterocycles. The zero-order valence-corrected chi connectivity index (χ0v) is 20.6. The lowest BCUT2D eigenvalue weighted by molar-refractivity contribution is -0.112. The Bertz CT molecular complexity index is 1230. The van der Waals surface area contributed by atoms with Crippen LogP contribution in [0.15, 0.2) is 60.2 Å². The topological polar surface area (TPSA) is 71.3 Å². The largest absolute Gasteiger partial charge is 0.493 e. The SMILES string of the molecule is COc1cc(/C=C(/C#N)C(=O)Nc2c(C)cccc2C)cc(I)c1OCc1ccc(F)cc1. The highest BCUT2D eigenvalue weighted by molar-refractivity contribution is 14.1. The normalized spacial score (nSPS) is 11.0. The molecular weight excluding hydrogens is 534 g/mol. The molecule has 0 unspecified atom stereocenters. The van der Waals surface area contributed by atoms with E-state index >= 15 is 0 Å². The fraction of sp³-hybridized carbons (Fsp3) is 0.154.